The first kappa shape index (κ1) is 20.3. The molecule has 0 fully saturated rings. The van der Waals surface area contributed by atoms with E-state index in [2.05, 4.69) is 9.97 Å². The molecule has 0 bridgehead atoms. The van der Waals surface area contributed by atoms with Crippen molar-refractivity contribution in [2.45, 2.75) is 33.9 Å². The molecule has 0 atom stereocenters. The molecular formula is C21H24N4O4. The summed E-state index contributed by atoms with van der Waals surface area (Å²) in [7, 11) is 3.29. The second-order valence-corrected chi connectivity index (χ2v) is 6.95. The number of ether oxygens (including phenoxy) is 1. The number of rotatable bonds is 5. The highest BCUT2D eigenvalue weighted by molar-refractivity contribution is 5.97. The average Bonchev–Trinajstić information content (AvgIpc) is 2.69. The molecule has 0 aliphatic heterocycles. The second-order valence-electron chi connectivity index (χ2n) is 6.95. The zero-order chi connectivity index (χ0) is 21.3. The summed E-state index contributed by atoms with van der Waals surface area (Å²) in [5.74, 6) is 0.513. The number of pyridine rings is 1. The number of hydrogen-bond acceptors (Lipinski definition) is 5. The Hall–Kier alpha value is -3.42. The van der Waals surface area contributed by atoms with Crippen molar-refractivity contribution in [1.29, 1.82) is 0 Å². The van der Waals surface area contributed by atoms with E-state index >= 15 is 0 Å². The van der Waals surface area contributed by atoms with Gasteiger partial charge in [0, 0.05) is 36.5 Å². The van der Waals surface area contributed by atoms with Gasteiger partial charge in [-0.25, -0.2) is 4.79 Å². The van der Waals surface area contributed by atoms with Crippen LogP contribution in [0, 0.1) is 13.8 Å². The van der Waals surface area contributed by atoms with Crippen LogP contribution in [0.25, 0.3) is 10.9 Å². The van der Waals surface area contributed by atoms with E-state index in [1.165, 1.54) is 11.0 Å². The van der Waals surface area contributed by atoms with Crippen LogP contribution in [-0.2, 0) is 13.1 Å². The quantitative estimate of drug-likeness (QED) is 0.711. The third-order valence-electron chi connectivity index (χ3n) is 5.03. The summed E-state index contributed by atoms with van der Waals surface area (Å²) < 4.78 is 6.54. The van der Waals surface area contributed by atoms with Crippen LogP contribution in [0.4, 0.5) is 0 Å². The van der Waals surface area contributed by atoms with Crippen molar-refractivity contribution in [1.82, 2.24) is 19.4 Å². The Labute approximate surface area is 167 Å². The maximum atomic E-state index is 12.9. The highest BCUT2D eigenvalue weighted by Crippen LogP contribution is 2.25. The highest BCUT2D eigenvalue weighted by atomic mass is 16.5. The van der Waals surface area contributed by atoms with Crippen LogP contribution in [0.3, 0.4) is 0 Å². The number of benzene rings is 1. The zero-order valence-corrected chi connectivity index (χ0v) is 17.2. The van der Waals surface area contributed by atoms with Gasteiger partial charge in [0.05, 0.1) is 30.3 Å². The van der Waals surface area contributed by atoms with Gasteiger partial charge in [-0.05, 0) is 39.0 Å². The van der Waals surface area contributed by atoms with Gasteiger partial charge < -0.3 is 14.6 Å². The number of methoxy groups -OCH3 is 1. The molecule has 3 aromatic rings. The van der Waals surface area contributed by atoms with Gasteiger partial charge in [-0.3, -0.25) is 19.1 Å². The van der Waals surface area contributed by atoms with Crippen LogP contribution in [0.5, 0.6) is 5.75 Å². The second kappa shape index (κ2) is 7.90. The fourth-order valence-electron chi connectivity index (χ4n) is 3.42. The monoisotopic (exact) mass is 396 g/mol. The summed E-state index contributed by atoms with van der Waals surface area (Å²) in [6, 6.07) is 4.70. The summed E-state index contributed by atoms with van der Waals surface area (Å²) in [5.41, 5.74) is 2.41. The van der Waals surface area contributed by atoms with E-state index in [0.29, 0.717) is 23.0 Å². The molecule has 3 rings (SSSR count). The lowest BCUT2D eigenvalue weighted by Gasteiger charge is -2.19. The minimum atomic E-state index is -0.491. The summed E-state index contributed by atoms with van der Waals surface area (Å²) in [6.45, 7) is 6.13. The largest absolute Gasteiger partial charge is 0.496 e. The SMILES string of the molecule is CCn1c(=O)[nH]c2cc(C(=O)N(C)Cc3ncc(C)c(OC)c3C)ccc2c1=O. The lowest BCUT2D eigenvalue weighted by Crippen LogP contribution is -2.34. The fourth-order valence-corrected chi connectivity index (χ4v) is 3.42. The molecule has 2 aromatic heterocycles. The molecule has 1 amide bonds. The van der Waals surface area contributed by atoms with Gasteiger partial charge in [0.25, 0.3) is 11.5 Å². The van der Waals surface area contributed by atoms with E-state index in [1.54, 1.807) is 39.4 Å². The van der Waals surface area contributed by atoms with Gasteiger partial charge in [-0.15, -0.1) is 0 Å². The molecule has 0 unspecified atom stereocenters. The van der Waals surface area contributed by atoms with Crippen LogP contribution in [0.2, 0.25) is 0 Å². The van der Waals surface area contributed by atoms with E-state index in [9.17, 15) is 14.4 Å². The molecule has 0 saturated heterocycles. The van der Waals surface area contributed by atoms with Gasteiger partial charge in [0.1, 0.15) is 5.75 Å². The Morgan fingerprint density at radius 3 is 2.66 bits per heavy atom. The predicted molar refractivity (Wildman–Crippen MR) is 111 cm³/mol. The number of fused-ring (bicyclic) bond motifs is 1. The van der Waals surface area contributed by atoms with Crippen molar-refractivity contribution in [2.75, 3.05) is 14.2 Å². The van der Waals surface area contributed by atoms with Crippen LogP contribution in [0.1, 0.15) is 34.1 Å². The van der Waals surface area contributed by atoms with Gasteiger partial charge in [0.2, 0.25) is 0 Å². The van der Waals surface area contributed by atoms with E-state index in [0.717, 1.165) is 27.1 Å². The minimum Gasteiger partial charge on any atom is -0.496 e. The van der Waals surface area contributed by atoms with E-state index in [4.69, 9.17) is 4.74 Å². The van der Waals surface area contributed by atoms with Crippen LogP contribution < -0.4 is 16.0 Å². The molecule has 2 heterocycles. The van der Waals surface area contributed by atoms with Crippen molar-refractivity contribution in [3.8, 4) is 5.75 Å². The number of nitrogens with one attached hydrogen (secondary N) is 1. The van der Waals surface area contributed by atoms with Gasteiger partial charge in [0.15, 0.2) is 0 Å². The number of hydrogen-bond donors (Lipinski definition) is 1. The first-order valence-electron chi connectivity index (χ1n) is 9.29. The Kier molecular flexibility index (Phi) is 5.54. The number of nitrogens with zero attached hydrogens (tertiary/aromatic N) is 3. The molecule has 29 heavy (non-hydrogen) atoms. The van der Waals surface area contributed by atoms with Crippen molar-refractivity contribution < 1.29 is 9.53 Å². The highest BCUT2D eigenvalue weighted by Gasteiger charge is 2.17. The smallest absolute Gasteiger partial charge is 0.328 e. The van der Waals surface area contributed by atoms with Crippen molar-refractivity contribution in [3.63, 3.8) is 0 Å². The van der Waals surface area contributed by atoms with Crippen molar-refractivity contribution in [3.05, 3.63) is 67.6 Å². The third kappa shape index (κ3) is 3.65. The topological polar surface area (TPSA) is 97.3 Å². The summed E-state index contributed by atoms with van der Waals surface area (Å²) in [5, 5.41) is 0.367. The maximum absolute atomic E-state index is 12.9. The third-order valence-corrected chi connectivity index (χ3v) is 5.03. The van der Waals surface area contributed by atoms with Gasteiger partial charge in [-0.1, -0.05) is 0 Å². The molecule has 0 spiro atoms. The van der Waals surface area contributed by atoms with Crippen molar-refractivity contribution >= 4 is 16.8 Å². The number of aromatic amines is 1. The number of amides is 1. The lowest BCUT2D eigenvalue weighted by atomic mass is 10.1. The molecule has 1 N–H and O–H groups in total. The van der Waals surface area contributed by atoms with Gasteiger partial charge in [-0.2, -0.15) is 0 Å². The van der Waals surface area contributed by atoms with Crippen molar-refractivity contribution in [2.24, 2.45) is 0 Å². The van der Waals surface area contributed by atoms with E-state index < -0.39 is 5.69 Å². The van der Waals surface area contributed by atoms with Crippen LogP contribution in [0.15, 0.2) is 34.0 Å². The number of H-pyrrole nitrogens is 1. The predicted octanol–water partition coefficient (Wildman–Crippen LogP) is 2.00. The molecular weight excluding hydrogens is 372 g/mol. The lowest BCUT2D eigenvalue weighted by molar-refractivity contribution is 0.0783. The van der Waals surface area contributed by atoms with E-state index in [-0.39, 0.29) is 18.0 Å². The van der Waals surface area contributed by atoms with E-state index in [1.807, 2.05) is 13.8 Å². The Balaban J connectivity index is 1.93. The van der Waals surface area contributed by atoms with Crippen LogP contribution in [-0.4, -0.2) is 39.5 Å². The summed E-state index contributed by atoms with van der Waals surface area (Å²) in [6.07, 6.45) is 1.72. The molecule has 0 aliphatic carbocycles. The normalized spacial score (nSPS) is 10.9. The van der Waals surface area contributed by atoms with Crippen LogP contribution >= 0.6 is 0 Å². The first-order valence-corrected chi connectivity index (χ1v) is 9.29. The fraction of sp³-hybridized carbons (Fsp3) is 0.333. The standard InChI is InChI=1S/C21H24N4O4/c1-6-25-20(27)15-8-7-14(9-16(15)23-21(25)28)19(26)24(4)11-17-13(3)18(29-5)12(2)10-22-17/h7-10H,6,11H2,1-5H3,(H,23,28). The van der Waals surface area contributed by atoms with Gasteiger partial charge >= 0.3 is 5.69 Å². The summed E-state index contributed by atoms with van der Waals surface area (Å²) in [4.78, 5) is 46.0. The molecule has 0 aliphatic rings. The zero-order valence-electron chi connectivity index (χ0n) is 17.2. The molecule has 0 saturated carbocycles. The number of aromatic nitrogens is 3. The Morgan fingerprint density at radius 1 is 1.28 bits per heavy atom. The number of carbonyl (C=O) groups excluding carboxylic acids is 1. The summed E-state index contributed by atoms with van der Waals surface area (Å²) >= 11 is 0. The Bertz CT molecular complexity index is 1210. The molecule has 152 valence electrons. The minimum absolute atomic E-state index is 0.242. The number of aryl methyl sites for hydroxylation is 1. The molecule has 8 nitrogen and oxygen atoms in total. The molecule has 0 radical (unpaired) electrons. The Morgan fingerprint density at radius 2 is 2.00 bits per heavy atom. The maximum Gasteiger partial charge on any atom is 0.328 e. The number of carbonyl (C=O) groups is 1. The first-order chi connectivity index (χ1) is 13.8. The molecule has 8 heteroatoms. The average molecular weight is 396 g/mol. The molecule has 1 aromatic carbocycles.